The van der Waals surface area contributed by atoms with Crippen LogP contribution < -0.4 is 0 Å². The van der Waals surface area contributed by atoms with Crippen LogP contribution in [-0.2, 0) is 0 Å². The number of hydrogen-bond donors (Lipinski definition) is 0. The molecule has 1 unspecified atom stereocenters. The van der Waals surface area contributed by atoms with Gasteiger partial charge in [0.15, 0.2) is 0 Å². The third-order valence-electron chi connectivity index (χ3n) is 2.44. The van der Waals surface area contributed by atoms with Gasteiger partial charge in [-0.25, -0.2) is 0 Å². The Morgan fingerprint density at radius 2 is 2.18 bits per heavy atom. The Balaban J connectivity index is 2.34. The summed E-state index contributed by atoms with van der Waals surface area (Å²) in [4.78, 5) is 0. The molecule has 0 aliphatic heterocycles. The van der Waals surface area contributed by atoms with Crippen molar-refractivity contribution < 1.29 is 0 Å². The molecule has 0 heterocycles. The molecule has 0 bridgehead atoms. The molecule has 0 saturated heterocycles. The molecule has 1 fully saturated rings. The van der Waals surface area contributed by atoms with Crippen molar-refractivity contribution in [1.29, 1.82) is 0 Å². The fraction of sp³-hybridized carbons (Fsp3) is 1.00. The predicted octanol–water partition coefficient (Wildman–Crippen LogP) is 4.15. The number of hydrogen-bond acceptors (Lipinski definition) is 0. The molecule has 0 amide bonds. The van der Waals surface area contributed by atoms with Crippen LogP contribution in [0.25, 0.3) is 0 Å². The van der Waals surface area contributed by atoms with E-state index in [0.717, 1.165) is 18.8 Å². The lowest BCUT2D eigenvalue weighted by Crippen LogP contribution is -2.23. The van der Waals surface area contributed by atoms with Gasteiger partial charge in [-0.3, -0.25) is 0 Å². The maximum atomic E-state index is 6.07. The van der Waals surface area contributed by atoms with E-state index in [0.29, 0.717) is 0 Å². The lowest BCUT2D eigenvalue weighted by atomic mass is 9.86. The van der Waals surface area contributed by atoms with Crippen molar-refractivity contribution in [3.8, 4) is 0 Å². The molecule has 1 atom stereocenters. The first kappa shape index (κ1) is 9.67. The summed E-state index contributed by atoms with van der Waals surface area (Å²) in [6.45, 7) is 2.22. The van der Waals surface area contributed by atoms with Crippen molar-refractivity contribution in [3.63, 3.8) is 0 Å². The summed E-state index contributed by atoms with van der Waals surface area (Å²) >= 11 is 12.1. The van der Waals surface area contributed by atoms with E-state index in [-0.39, 0.29) is 0 Å². The molecule has 0 nitrogen and oxygen atoms in total. The molecule has 1 rings (SSSR count). The molecule has 2 heteroatoms. The summed E-state index contributed by atoms with van der Waals surface area (Å²) in [5.41, 5.74) is 0. The van der Waals surface area contributed by atoms with Gasteiger partial charge in [-0.2, -0.15) is 0 Å². The van der Waals surface area contributed by atoms with Gasteiger partial charge in [0.25, 0.3) is 0 Å². The van der Waals surface area contributed by atoms with Gasteiger partial charge in [0.05, 0.1) is 0 Å². The number of rotatable bonds is 2. The van der Waals surface area contributed by atoms with Crippen molar-refractivity contribution >= 4 is 23.2 Å². The SMILES string of the molecule is CCCC1CCCC(Cl)(Cl)C1. The van der Waals surface area contributed by atoms with E-state index in [1.807, 2.05) is 0 Å². The highest BCUT2D eigenvalue weighted by molar-refractivity contribution is 6.48. The second-order valence-corrected chi connectivity index (χ2v) is 5.25. The monoisotopic (exact) mass is 194 g/mol. The van der Waals surface area contributed by atoms with Crippen molar-refractivity contribution in [2.45, 2.75) is 49.8 Å². The summed E-state index contributed by atoms with van der Waals surface area (Å²) in [7, 11) is 0. The Morgan fingerprint density at radius 1 is 1.45 bits per heavy atom. The normalized spacial score (nSPS) is 30.3. The molecule has 66 valence electrons. The molecule has 11 heavy (non-hydrogen) atoms. The van der Waals surface area contributed by atoms with E-state index in [4.69, 9.17) is 23.2 Å². The molecular weight excluding hydrogens is 179 g/mol. The Morgan fingerprint density at radius 3 is 2.73 bits per heavy atom. The van der Waals surface area contributed by atoms with Gasteiger partial charge >= 0.3 is 0 Å². The van der Waals surface area contributed by atoms with E-state index >= 15 is 0 Å². The fourth-order valence-corrected chi connectivity index (χ4v) is 2.63. The van der Waals surface area contributed by atoms with E-state index < -0.39 is 4.33 Å². The molecule has 0 spiro atoms. The molecule has 1 aliphatic rings. The molecule has 0 aromatic heterocycles. The van der Waals surface area contributed by atoms with E-state index in [1.165, 1.54) is 25.7 Å². The summed E-state index contributed by atoms with van der Waals surface area (Å²) in [6, 6.07) is 0. The topological polar surface area (TPSA) is 0 Å². The third kappa shape index (κ3) is 3.21. The van der Waals surface area contributed by atoms with Crippen LogP contribution in [0.1, 0.15) is 45.4 Å². The van der Waals surface area contributed by atoms with Gasteiger partial charge in [-0.15, -0.1) is 23.2 Å². The minimum absolute atomic E-state index is 0.405. The van der Waals surface area contributed by atoms with Gasteiger partial charge in [0, 0.05) is 0 Å². The zero-order valence-corrected chi connectivity index (χ0v) is 8.59. The van der Waals surface area contributed by atoms with Crippen LogP contribution in [0.2, 0.25) is 0 Å². The minimum Gasteiger partial charge on any atom is -0.102 e. The van der Waals surface area contributed by atoms with Crippen LogP contribution >= 0.6 is 23.2 Å². The zero-order valence-electron chi connectivity index (χ0n) is 7.08. The molecule has 1 aliphatic carbocycles. The second kappa shape index (κ2) is 4.00. The summed E-state index contributed by atoms with van der Waals surface area (Å²) in [6.07, 6.45) is 7.07. The summed E-state index contributed by atoms with van der Waals surface area (Å²) in [5.74, 6) is 0.781. The molecule has 0 radical (unpaired) electrons. The Hall–Kier alpha value is 0.580. The quantitative estimate of drug-likeness (QED) is 0.580. The molecule has 0 N–H and O–H groups in total. The molecule has 0 aromatic carbocycles. The minimum atomic E-state index is -0.405. The first-order valence-electron chi connectivity index (χ1n) is 4.52. The first-order chi connectivity index (χ1) is 5.14. The average molecular weight is 195 g/mol. The zero-order chi connectivity index (χ0) is 8.32. The van der Waals surface area contributed by atoms with E-state index in [2.05, 4.69) is 6.92 Å². The van der Waals surface area contributed by atoms with E-state index in [1.54, 1.807) is 0 Å². The maximum absolute atomic E-state index is 6.07. The summed E-state index contributed by atoms with van der Waals surface area (Å²) < 4.78 is -0.405. The van der Waals surface area contributed by atoms with Crippen molar-refractivity contribution in [2.24, 2.45) is 5.92 Å². The van der Waals surface area contributed by atoms with Crippen molar-refractivity contribution in [1.82, 2.24) is 0 Å². The Labute approximate surface area is 79.3 Å². The van der Waals surface area contributed by atoms with Crippen LogP contribution in [0.4, 0.5) is 0 Å². The van der Waals surface area contributed by atoms with Crippen LogP contribution in [-0.4, -0.2) is 4.33 Å². The Kier molecular flexibility index (Phi) is 3.52. The van der Waals surface area contributed by atoms with Crippen LogP contribution in [0.5, 0.6) is 0 Å². The maximum Gasteiger partial charge on any atom is 0.118 e. The molecule has 1 saturated carbocycles. The third-order valence-corrected chi connectivity index (χ3v) is 3.13. The molecular formula is C9H16Cl2. The smallest absolute Gasteiger partial charge is 0.102 e. The summed E-state index contributed by atoms with van der Waals surface area (Å²) in [5, 5.41) is 0. The number of halogens is 2. The highest BCUT2D eigenvalue weighted by Crippen LogP contribution is 2.41. The highest BCUT2D eigenvalue weighted by atomic mass is 35.5. The first-order valence-corrected chi connectivity index (χ1v) is 5.27. The molecule has 0 aromatic rings. The largest absolute Gasteiger partial charge is 0.118 e. The number of alkyl halides is 2. The van der Waals surface area contributed by atoms with Gasteiger partial charge in [0.1, 0.15) is 4.33 Å². The fourth-order valence-electron chi connectivity index (χ4n) is 1.93. The van der Waals surface area contributed by atoms with E-state index in [9.17, 15) is 0 Å². The van der Waals surface area contributed by atoms with Gasteiger partial charge in [0.2, 0.25) is 0 Å². The lowest BCUT2D eigenvalue weighted by molar-refractivity contribution is 0.323. The van der Waals surface area contributed by atoms with Crippen LogP contribution in [0.3, 0.4) is 0 Å². The van der Waals surface area contributed by atoms with Gasteiger partial charge in [-0.05, 0) is 18.8 Å². The van der Waals surface area contributed by atoms with Crippen molar-refractivity contribution in [3.05, 3.63) is 0 Å². The average Bonchev–Trinajstić information content (AvgIpc) is 1.85. The second-order valence-electron chi connectivity index (χ2n) is 3.61. The highest BCUT2D eigenvalue weighted by Gasteiger charge is 2.31. The predicted molar refractivity (Wildman–Crippen MR) is 51.3 cm³/mol. The van der Waals surface area contributed by atoms with Crippen molar-refractivity contribution in [2.75, 3.05) is 0 Å². The van der Waals surface area contributed by atoms with Gasteiger partial charge in [-0.1, -0.05) is 32.6 Å². The van der Waals surface area contributed by atoms with Gasteiger partial charge < -0.3 is 0 Å². The van der Waals surface area contributed by atoms with Crippen LogP contribution in [0.15, 0.2) is 0 Å². The lowest BCUT2D eigenvalue weighted by Gasteiger charge is -2.31. The standard InChI is InChI=1S/C9H16Cl2/c1-2-4-8-5-3-6-9(10,11)7-8/h8H,2-7H2,1H3. The Bertz CT molecular complexity index is 119. The van der Waals surface area contributed by atoms with Crippen LogP contribution in [0, 0.1) is 5.92 Å².